The van der Waals surface area contributed by atoms with Crippen molar-refractivity contribution in [2.45, 2.75) is 30.9 Å². The number of carbonyl (C=O) groups excluding carboxylic acids is 2. The van der Waals surface area contributed by atoms with Gasteiger partial charge in [-0.3, -0.25) is 24.1 Å². The molecular weight excluding hydrogens is 642 g/mol. The fourth-order valence-corrected chi connectivity index (χ4v) is 4.74. The number of carbonyl (C=O) groups is 5. The number of esters is 1. The number of nitrogens with zero attached hydrogens (tertiary/aromatic N) is 1. The number of amides is 1. The van der Waals surface area contributed by atoms with Crippen molar-refractivity contribution < 1.29 is 53.9 Å². The van der Waals surface area contributed by atoms with Gasteiger partial charge in [0.05, 0.1) is 26.1 Å². The highest BCUT2D eigenvalue weighted by Gasteiger charge is 2.40. The molecule has 16 heteroatoms. The van der Waals surface area contributed by atoms with Crippen LogP contribution in [0.25, 0.3) is 10.9 Å². The van der Waals surface area contributed by atoms with E-state index in [4.69, 9.17) is 41.5 Å². The van der Waals surface area contributed by atoms with Crippen LogP contribution in [0.5, 0.6) is 0 Å². The van der Waals surface area contributed by atoms with E-state index >= 15 is 0 Å². The molecule has 15 nitrogen and oxygen atoms in total. The summed E-state index contributed by atoms with van der Waals surface area (Å²) in [5.74, 6) is -6.00. The van der Waals surface area contributed by atoms with Crippen LogP contribution in [0.15, 0.2) is 59.4 Å². The van der Waals surface area contributed by atoms with E-state index in [1.165, 1.54) is 6.07 Å². The van der Waals surface area contributed by atoms with Gasteiger partial charge < -0.3 is 40.2 Å². The fourth-order valence-electron chi connectivity index (χ4n) is 4.62. The minimum absolute atomic E-state index is 0.111. The molecular formula is C31H34ClN3O12. The van der Waals surface area contributed by atoms with Crippen LogP contribution in [0, 0.1) is 0 Å². The second-order valence-electron chi connectivity index (χ2n) is 10.5. The molecule has 2 heterocycles. The molecule has 47 heavy (non-hydrogen) atoms. The molecule has 1 fully saturated rings. The average molecular weight is 676 g/mol. The number of morpholine rings is 1. The predicted octanol–water partition coefficient (Wildman–Crippen LogP) is 1.15. The Kier molecular flexibility index (Phi) is 13.4. The third-order valence-corrected chi connectivity index (χ3v) is 7.25. The van der Waals surface area contributed by atoms with E-state index in [-0.39, 0.29) is 18.6 Å². The van der Waals surface area contributed by atoms with E-state index < -0.39 is 54.3 Å². The summed E-state index contributed by atoms with van der Waals surface area (Å²) >= 11 is 5.92. The number of ether oxygens (including phenoxy) is 2. The van der Waals surface area contributed by atoms with Crippen molar-refractivity contribution in [2.24, 2.45) is 0 Å². The number of aromatic amines is 1. The van der Waals surface area contributed by atoms with Gasteiger partial charge in [-0.2, -0.15) is 0 Å². The summed E-state index contributed by atoms with van der Waals surface area (Å²) in [4.78, 5) is 73.5. The molecule has 1 aromatic heterocycles. The molecule has 1 atom stereocenters. The highest BCUT2D eigenvalue weighted by atomic mass is 35.5. The van der Waals surface area contributed by atoms with E-state index in [0.29, 0.717) is 41.4 Å². The van der Waals surface area contributed by atoms with Crippen LogP contribution in [0.3, 0.4) is 0 Å². The van der Waals surface area contributed by atoms with Crippen LogP contribution < -0.4 is 10.9 Å². The summed E-state index contributed by atoms with van der Waals surface area (Å²) < 4.78 is 10.9. The molecule has 0 radical (unpaired) electrons. The normalized spacial score (nSPS) is 13.9. The summed E-state index contributed by atoms with van der Waals surface area (Å²) in [6.07, 6.45) is -2.18. The van der Waals surface area contributed by atoms with Gasteiger partial charge in [-0.05, 0) is 35.9 Å². The molecule has 0 bridgehead atoms. The van der Waals surface area contributed by atoms with Crippen molar-refractivity contribution in [1.82, 2.24) is 15.2 Å². The third-order valence-electron chi connectivity index (χ3n) is 7.00. The number of rotatable bonds is 13. The molecule has 0 aliphatic carbocycles. The minimum atomic E-state index is -2.74. The highest BCUT2D eigenvalue weighted by molar-refractivity contribution is 6.30. The average Bonchev–Trinajstić information content (AvgIpc) is 3.01. The number of carboxylic acids is 3. The number of halogens is 1. The number of aliphatic carboxylic acids is 3. The number of benzene rings is 2. The molecule has 4 rings (SSSR count). The Morgan fingerprint density at radius 2 is 1.60 bits per heavy atom. The van der Waals surface area contributed by atoms with Gasteiger partial charge in [0.1, 0.15) is 12.6 Å². The van der Waals surface area contributed by atoms with Crippen LogP contribution in [0.1, 0.15) is 28.8 Å². The zero-order valence-corrected chi connectivity index (χ0v) is 25.8. The van der Waals surface area contributed by atoms with Gasteiger partial charge in [0, 0.05) is 53.6 Å². The zero-order chi connectivity index (χ0) is 34.6. The molecule has 3 aromatic rings. The predicted molar refractivity (Wildman–Crippen MR) is 166 cm³/mol. The van der Waals surface area contributed by atoms with E-state index in [1.54, 1.807) is 30.3 Å². The molecule has 2 aromatic carbocycles. The lowest BCUT2D eigenvalue weighted by Crippen LogP contribution is -2.44. The van der Waals surface area contributed by atoms with E-state index in [0.717, 1.165) is 18.5 Å². The lowest BCUT2D eigenvalue weighted by atomic mass is 9.96. The number of carboxylic acid groups (broad SMARTS) is 3. The molecule has 1 saturated heterocycles. The van der Waals surface area contributed by atoms with Crippen molar-refractivity contribution in [3.63, 3.8) is 0 Å². The Morgan fingerprint density at radius 1 is 0.979 bits per heavy atom. The second-order valence-corrected chi connectivity index (χ2v) is 11.0. The quantitative estimate of drug-likeness (QED) is 0.140. The standard InChI is InChI=1S/C25H26ClN3O5.C6H8O7/c26-19-7-5-17(6-8-19)24(31)28-22(25(32)34-14-11-29-9-12-33-13-10-29)15-18-16-23(30)27-21-4-2-1-3-20(18)21;7-3(8)1-6(13,5(11)12)2-4(9)10/h1-8,16,22H,9-15H2,(H,27,30)(H,28,31);13H,1-2H2,(H,7,8)(H,9,10)(H,11,12). The summed E-state index contributed by atoms with van der Waals surface area (Å²) in [6, 6.07) is 14.2. The SMILES string of the molecule is O=C(NC(Cc1cc(=O)[nH]c2ccccc12)C(=O)OCCN1CCOCC1)c1ccc(Cl)cc1.O=C(O)CC(O)(CC(=O)O)C(=O)O. The Morgan fingerprint density at radius 3 is 2.19 bits per heavy atom. The molecule has 1 aliphatic rings. The van der Waals surface area contributed by atoms with Crippen molar-refractivity contribution in [1.29, 1.82) is 0 Å². The first-order valence-electron chi connectivity index (χ1n) is 14.3. The minimum Gasteiger partial charge on any atom is -0.481 e. The summed E-state index contributed by atoms with van der Waals surface area (Å²) in [7, 11) is 0. The molecule has 1 unspecified atom stereocenters. The van der Waals surface area contributed by atoms with E-state index in [2.05, 4.69) is 15.2 Å². The Bertz CT molecular complexity index is 1620. The molecule has 0 saturated carbocycles. The topological polar surface area (TPSA) is 233 Å². The maximum absolute atomic E-state index is 13.0. The third kappa shape index (κ3) is 11.5. The van der Waals surface area contributed by atoms with E-state index in [1.807, 2.05) is 18.2 Å². The zero-order valence-electron chi connectivity index (χ0n) is 25.0. The van der Waals surface area contributed by atoms with Gasteiger partial charge in [-0.1, -0.05) is 29.8 Å². The van der Waals surface area contributed by atoms with Crippen molar-refractivity contribution in [3.8, 4) is 0 Å². The summed E-state index contributed by atoms with van der Waals surface area (Å²) in [6.45, 7) is 3.66. The monoisotopic (exact) mass is 675 g/mol. The fraction of sp³-hybridized carbons (Fsp3) is 0.355. The van der Waals surface area contributed by atoms with Crippen LogP contribution in [0.4, 0.5) is 0 Å². The molecule has 1 amide bonds. The van der Waals surface area contributed by atoms with Crippen LogP contribution in [0.2, 0.25) is 5.02 Å². The van der Waals surface area contributed by atoms with Crippen LogP contribution in [-0.4, -0.2) is 111 Å². The molecule has 0 spiro atoms. The molecule has 1 aliphatic heterocycles. The van der Waals surface area contributed by atoms with Gasteiger partial charge in [-0.25, -0.2) is 9.59 Å². The lowest BCUT2D eigenvalue weighted by Gasteiger charge is -2.26. The van der Waals surface area contributed by atoms with Crippen LogP contribution in [-0.2, 0) is 35.1 Å². The highest BCUT2D eigenvalue weighted by Crippen LogP contribution is 2.18. The maximum Gasteiger partial charge on any atom is 0.336 e. The second kappa shape index (κ2) is 17.2. The lowest BCUT2D eigenvalue weighted by molar-refractivity contribution is -0.170. The molecule has 252 valence electrons. The first kappa shape index (κ1) is 36.6. The van der Waals surface area contributed by atoms with Crippen molar-refractivity contribution in [3.05, 3.63) is 81.1 Å². The van der Waals surface area contributed by atoms with Gasteiger partial charge in [0.15, 0.2) is 5.60 Å². The number of nitrogens with one attached hydrogen (secondary N) is 2. The number of aliphatic hydroxyl groups is 1. The van der Waals surface area contributed by atoms with Gasteiger partial charge >= 0.3 is 23.9 Å². The summed E-state index contributed by atoms with van der Waals surface area (Å²) in [5, 5.41) is 37.9. The smallest absolute Gasteiger partial charge is 0.336 e. The number of hydrogen-bond donors (Lipinski definition) is 6. The Hall–Kier alpha value is -4.83. The largest absolute Gasteiger partial charge is 0.481 e. The van der Waals surface area contributed by atoms with Gasteiger partial charge in [0.2, 0.25) is 5.56 Å². The number of fused-ring (bicyclic) bond motifs is 1. The number of aromatic nitrogens is 1. The Balaban J connectivity index is 0.000000392. The van der Waals surface area contributed by atoms with Crippen LogP contribution >= 0.6 is 11.6 Å². The summed E-state index contributed by atoms with van der Waals surface area (Å²) in [5.41, 5.74) is -1.35. The van der Waals surface area contributed by atoms with E-state index in [9.17, 15) is 28.8 Å². The van der Waals surface area contributed by atoms with Crippen molar-refractivity contribution in [2.75, 3.05) is 39.5 Å². The number of hydrogen-bond acceptors (Lipinski definition) is 10. The number of pyridine rings is 1. The maximum atomic E-state index is 13.0. The Labute approximate surface area is 272 Å². The van der Waals surface area contributed by atoms with Crippen molar-refractivity contribution >= 4 is 52.3 Å². The first-order chi connectivity index (χ1) is 22.3. The molecule has 6 N–H and O–H groups in total. The van der Waals surface area contributed by atoms with Gasteiger partial charge in [0.25, 0.3) is 5.91 Å². The van der Waals surface area contributed by atoms with Gasteiger partial charge in [-0.15, -0.1) is 0 Å². The number of para-hydroxylation sites is 1. The first-order valence-corrected chi connectivity index (χ1v) is 14.7. The number of H-pyrrole nitrogens is 1.